The van der Waals surface area contributed by atoms with Gasteiger partial charge in [-0.1, -0.05) is 0 Å². The molecule has 0 aliphatic carbocycles. The van der Waals surface area contributed by atoms with Crippen LogP contribution >= 0.6 is 0 Å². The summed E-state index contributed by atoms with van der Waals surface area (Å²) in [5, 5.41) is 11.6. The summed E-state index contributed by atoms with van der Waals surface area (Å²) >= 11 is 0. The zero-order chi connectivity index (χ0) is 19.6. The minimum absolute atomic E-state index is 0.0510. The number of nitrogens with one attached hydrogen (secondary N) is 1. The Morgan fingerprint density at radius 1 is 1.26 bits per heavy atom. The third-order valence-corrected chi connectivity index (χ3v) is 5.71. The maximum Gasteiger partial charge on any atom is 0.345 e. The Balaban J connectivity index is 1.51. The summed E-state index contributed by atoms with van der Waals surface area (Å²) in [5.41, 5.74) is 3.14. The Bertz CT molecular complexity index is 835. The Labute approximate surface area is 159 Å². The van der Waals surface area contributed by atoms with Crippen LogP contribution in [0.3, 0.4) is 0 Å². The number of likely N-dealkylation sites (tertiary alicyclic amines) is 1. The van der Waals surface area contributed by atoms with Crippen molar-refractivity contribution in [1.82, 2.24) is 29.4 Å². The number of rotatable bonds is 6. The molecular weight excluding hydrogens is 344 g/mol. The molecule has 27 heavy (non-hydrogen) atoms. The third-order valence-electron chi connectivity index (χ3n) is 5.71. The van der Waals surface area contributed by atoms with Crippen molar-refractivity contribution >= 4 is 5.91 Å². The Morgan fingerprint density at radius 2 is 1.96 bits per heavy atom. The minimum Gasteiger partial charge on any atom is -0.343 e. The van der Waals surface area contributed by atoms with Gasteiger partial charge in [0.25, 0.3) is 0 Å². The normalized spacial score (nSPS) is 15.5. The average molecular weight is 374 g/mol. The van der Waals surface area contributed by atoms with E-state index in [2.05, 4.69) is 15.3 Å². The van der Waals surface area contributed by atoms with E-state index in [9.17, 15) is 9.59 Å². The van der Waals surface area contributed by atoms with Gasteiger partial charge in [0.15, 0.2) is 0 Å². The van der Waals surface area contributed by atoms with Gasteiger partial charge in [0.05, 0.1) is 5.69 Å². The first kappa shape index (κ1) is 19.4. The molecule has 3 rings (SSSR count). The fourth-order valence-corrected chi connectivity index (χ4v) is 4.00. The summed E-state index contributed by atoms with van der Waals surface area (Å²) in [7, 11) is 1.70. The van der Waals surface area contributed by atoms with Crippen LogP contribution in [0.2, 0.25) is 0 Å². The van der Waals surface area contributed by atoms with Gasteiger partial charge in [-0.3, -0.25) is 14.5 Å². The number of carbonyl (C=O) groups is 1. The molecule has 2 aromatic heterocycles. The molecule has 1 N–H and O–H groups in total. The summed E-state index contributed by atoms with van der Waals surface area (Å²) in [6.45, 7) is 8.16. The van der Waals surface area contributed by atoms with E-state index in [-0.39, 0.29) is 11.6 Å². The average Bonchev–Trinajstić information content (AvgIpc) is 3.12. The Kier molecular flexibility index (Phi) is 5.82. The topological polar surface area (TPSA) is 88.8 Å². The van der Waals surface area contributed by atoms with E-state index in [1.807, 2.05) is 25.7 Å². The Morgan fingerprint density at radius 3 is 2.56 bits per heavy atom. The van der Waals surface area contributed by atoms with E-state index in [0.29, 0.717) is 18.9 Å². The standard InChI is InChI=1S/C19H30N6O2/c1-5-25-17(22-23(4)19(25)27)12-15-8-10-24(11-9-15)18(26)7-6-16-13(2)20-21-14(16)3/h15H,5-12H2,1-4H3,(H,20,21). The van der Waals surface area contributed by atoms with Crippen LogP contribution in [0.4, 0.5) is 0 Å². The smallest absolute Gasteiger partial charge is 0.343 e. The van der Waals surface area contributed by atoms with Gasteiger partial charge in [-0.05, 0) is 51.5 Å². The number of H-pyrrole nitrogens is 1. The zero-order valence-electron chi connectivity index (χ0n) is 16.8. The van der Waals surface area contributed by atoms with E-state index in [1.54, 1.807) is 11.6 Å². The highest BCUT2D eigenvalue weighted by Crippen LogP contribution is 2.22. The van der Waals surface area contributed by atoms with Crippen molar-refractivity contribution in [3.8, 4) is 0 Å². The van der Waals surface area contributed by atoms with Crippen molar-refractivity contribution < 1.29 is 4.79 Å². The van der Waals surface area contributed by atoms with Gasteiger partial charge in [0.1, 0.15) is 5.82 Å². The molecule has 0 spiro atoms. The number of hydrogen-bond donors (Lipinski definition) is 1. The fourth-order valence-electron chi connectivity index (χ4n) is 4.00. The molecule has 0 unspecified atom stereocenters. The first-order chi connectivity index (χ1) is 12.9. The van der Waals surface area contributed by atoms with E-state index >= 15 is 0 Å². The van der Waals surface area contributed by atoms with Gasteiger partial charge < -0.3 is 4.90 Å². The van der Waals surface area contributed by atoms with Crippen molar-refractivity contribution in [2.24, 2.45) is 13.0 Å². The second kappa shape index (κ2) is 8.10. The number of carbonyl (C=O) groups excluding carboxylic acids is 1. The molecule has 8 heteroatoms. The molecule has 0 radical (unpaired) electrons. The minimum atomic E-state index is -0.0510. The highest BCUT2D eigenvalue weighted by Gasteiger charge is 2.25. The predicted molar refractivity (Wildman–Crippen MR) is 103 cm³/mol. The number of aromatic nitrogens is 5. The molecule has 1 saturated heterocycles. The molecule has 8 nitrogen and oxygen atoms in total. The lowest BCUT2D eigenvalue weighted by Crippen LogP contribution is -2.39. The van der Waals surface area contributed by atoms with E-state index < -0.39 is 0 Å². The number of aryl methyl sites for hydroxylation is 3. The summed E-state index contributed by atoms with van der Waals surface area (Å²) in [5.74, 6) is 1.55. The molecule has 1 aliphatic rings. The van der Waals surface area contributed by atoms with Gasteiger partial charge >= 0.3 is 5.69 Å². The number of aromatic amines is 1. The second-order valence-corrected chi connectivity index (χ2v) is 7.51. The van der Waals surface area contributed by atoms with E-state index in [4.69, 9.17) is 0 Å². The molecule has 3 heterocycles. The van der Waals surface area contributed by atoms with Crippen LogP contribution in [0.1, 0.15) is 49.0 Å². The lowest BCUT2D eigenvalue weighted by Gasteiger charge is -2.32. The predicted octanol–water partition coefficient (Wildman–Crippen LogP) is 1.36. The van der Waals surface area contributed by atoms with E-state index in [1.165, 1.54) is 4.68 Å². The van der Waals surface area contributed by atoms with Crippen LogP contribution in [-0.4, -0.2) is 48.4 Å². The maximum atomic E-state index is 12.6. The number of piperidine rings is 1. The van der Waals surface area contributed by atoms with Crippen molar-refractivity contribution in [2.75, 3.05) is 13.1 Å². The molecular formula is C19H30N6O2. The summed E-state index contributed by atoms with van der Waals surface area (Å²) in [6.07, 6.45) is 4.00. The lowest BCUT2D eigenvalue weighted by molar-refractivity contribution is -0.132. The first-order valence-corrected chi connectivity index (χ1v) is 9.81. The third kappa shape index (κ3) is 4.14. The lowest BCUT2D eigenvalue weighted by atomic mass is 9.93. The second-order valence-electron chi connectivity index (χ2n) is 7.51. The monoisotopic (exact) mass is 374 g/mol. The highest BCUT2D eigenvalue weighted by molar-refractivity contribution is 5.76. The number of nitrogens with zero attached hydrogens (tertiary/aromatic N) is 5. The molecule has 1 aliphatic heterocycles. The molecule has 0 atom stereocenters. The van der Waals surface area contributed by atoms with Gasteiger partial charge in [-0.2, -0.15) is 10.2 Å². The highest BCUT2D eigenvalue weighted by atomic mass is 16.2. The van der Waals surface area contributed by atoms with Crippen LogP contribution in [0.15, 0.2) is 4.79 Å². The molecule has 1 fully saturated rings. The molecule has 2 aromatic rings. The SMILES string of the molecule is CCn1c(CC2CCN(C(=O)CCc3c(C)n[nH]c3C)CC2)nn(C)c1=O. The van der Waals surface area contributed by atoms with Crippen LogP contribution in [0.5, 0.6) is 0 Å². The quantitative estimate of drug-likeness (QED) is 0.827. The van der Waals surface area contributed by atoms with Gasteiger partial charge in [0.2, 0.25) is 5.91 Å². The molecule has 148 valence electrons. The van der Waals surface area contributed by atoms with Crippen LogP contribution in [0.25, 0.3) is 0 Å². The summed E-state index contributed by atoms with van der Waals surface area (Å²) < 4.78 is 3.16. The van der Waals surface area contributed by atoms with Crippen LogP contribution in [-0.2, 0) is 31.2 Å². The van der Waals surface area contributed by atoms with Gasteiger partial charge in [-0.15, -0.1) is 0 Å². The number of amides is 1. The zero-order valence-corrected chi connectivity index (χ0v) is 16.8. The summed E-state index contributed by atoms with van der Waals surface area (Å²) in [4.78, 5) is 26.6. The maximum absolute atomic E-state index is 12.6. The Hall–Kier alpha value is -2.38. The van der Waals surface area contributed by atoms with Gasteiger partial charge in [0, 0.05) is 45.2 Å². The van der Waals surface area contributed by atoms with E-state index in [0.717, 1.165) is 61.5 Å². The molecule has 0 saturated carbocycles. The molecule has 0 aromatic carbocycles. The van der Waals surface area contributed by atoms with Crippen molar-refractivity contribution in [2.45, 2.75) is 59.4 Å². The number of hydrogen-bond acceptors (Lipinski definition) is 4. The molecule has 0 bridgehead atoms. The van der Waals surface area contributed by atoms with Crippen molar-refractivity contribution in [3.63, 3.8) is 0 Å². The van der Waals surface area contributed by atoms with Crippen LogP contribution in [0, 0.1) is 19.8 Å². The first-order valence-electron chi connectivity index (χ1n) is 9.81. The summed E-state index contributed by atoms with van der Waals surface area (Å²) in [6, 6.07) is 0. The molecule has 1 amide bonds. The van der Waals surface area contributed by atoms with Crippen LogP contribution < -0.4 is 5.69 Å². The van der Waals surface area contributed by atoms with Crippen molar-refractivity contribution in [1.29, 1.82) is 0 Å². The van der Waals surface area contributed by atoms with Gasteiger partial charge in [-0.25, -0.2) is 9.48 Å². The van der Waals surface area contributed by atoms with Crippen molar-refractivity contribution in [3.05, 3.63) is 33.3 Å². The largest absolute Gasteiger partial charge is 0.345 e. The fraction of sp³-hybridized carbons (Fsp3) is 0.684.